The molecule has 0 aromatic rings. The molecule has 1 N–H and O–H groups in total. The average Bonchev–Trinajstić information content (AvgIpc) is 3.12. The first kappa shape index (κ1) is 20.2. The Kier molecular flexibility index (Phi) is 7.17. The molecule has 0 aromatic heterocycles. The van der Waals surface area contributed by atoms with Gasteiger partial charge in [0.15, 0.2) is 0 Å². The summed E-state index contributed by atoms with van der Waals surface area (Å²) in [7, 11) is 0. The van der Waals surface area contributed by atoms with Crippen LogP contribution in [0.4, 0.5) is 0 Å². The molecule has 5 amide bonds. The summed E-state index contributed by atoms with van der Waals surface area (Å²) in [6.07, 6.45) is 2.17. The zero-order valence-electron chi connectivity index (χ0n) is 14.5. The van der Waals surface area contributed by atoms with Crippen molar-refractivity contribution in [3.05, 3.63) is 12.2 Å². The highest BCUT2D eigenvalue weighted by Crippen LogP contribution is 2.12. The average molecular weight is 381 g/mol. The molecule has 2 aliphatic heterocycles. The van der Waals surface area contributed by atoms with Crippen LogP contribution in [-0.4, -0.2) is 71.8 Å². The van der Waals surface area contributed by atoms with Crippen LogP contribution in [0.2, 0.25) is 0 Å². The van der Waals surface area contributed by atoms with Gasteiger partial charge in [-0.15, -0.1) is 5.06 Å². The molecule has 0 unspecified atom stereocenters. The molecule has 2 aliphatic rings. The van der Waals surface area contributed by atoms with Crippen molar-refractivity contribution >= 4 is 35.5 Å². The number of nitrogens with one attached hydrogen (secondary N) is 1. The molecule has 1 fully saturated rings. The molecule has 0 aromatic carbocycles. The maximum atomic E-state index is 11.6. The zero-order valence-corrected chi connectivity index (χ0v) is 14.5. The number of nitrogens with zero attached hydrogens (tertiary/aromatic N) is 2. The van der Waals surface area contributed by atoms with E-state index in [1.54, 1.807) is 0 Å². The number of hydrogen-bond acceptors (Lipinski definition) is 8. The first-order valence-electron chi connectivity index (χ1n) is 8.33. The third-order valence-corrected chi connectivity index (χ3v) is 3.68. The molecule has 1 saturated heterocycles. The second-order valence-electron chi connectivity index (χ2n) is 5.67. The minimum absolute atomic E-state index is 0.00284. The second-order valence-corrected chi connectivity index (χ2v) is 5.67. The molecule has 146 valence electrons. The lowest BCUT2D eigenvalue weighted by molar-refractivity contribution is -0.198. The predicted octanol–water partition coefficient (Wildman–Crippen LogP) is -1.57. The van der Waals surface area contributed by atoms with E-state index in [1.807, 2.05) is 0 Å². The third-order valence-electron chi connectivity index (χ3n) is 3.68. The van der Waals surface area contributed by atoms with Gasteiger partial charge in [-0.2, -0.15) is 0 Å². The molecule has 0 atom stereocenters. The molecule has 0 aliphatic carbocycles. The highest BCUT2D eigenvalue weighted by Gasteiger charge is 2.32. The van der Waals surface area contributed by atoms with E-state index >= 15 is 0 Å². The molecule has 0 spiro atoms. The topological polar surface area (TPSA) is 139 Å². The van der Waals surface area contributed by atoms with Crippen LogP contribution in [0.3, 0.4) is 0 Å². The summed E-state index contributed by atoms with van der Waals surface area (Å²) in [6.45, 7) is 0.297. The highest BCUT2D eigenvalue weighted by atomic mass is 16.7. The van der Waals surface area contributed by atoms with Crippen molar-refractivity contribution in [2.45, 2.75) is 25.7 Å². The Morgan fingerprint density at radius 3 is 2.22 bits per heavy atom. The highest BCUT2D eigenvalue weighted by molar-refractivity contribution is 6.13. The lowest BCUT2D eigenvalue weighted by Crippen LogP contribution is -2.35. The van der Waals surface area contributed by atoms with Crippen molar-refractivity contribution in [1.29, 1.82) is 0 Å². The summed E-state index contributed by atoms with van der Waals surface area (Å²) < 4.78 is 5.15. The molecule has 2 heterocycles. The molecule has 11 nitrogen and oxygen atoms in total. The van der Waals surface area contributed by atoms with Crippen LogP contribution < -0.4 is 5.32 Å². The van der Waals surface area contributed by atoms with Crippen molar-refractivity contribution in [3.8, 4) is 0 Å². The molecule has 0 bridgehead atoms. The number of carbonyl (C=O) groups excluding carboxylic acids is 6. The van der Waals surface area contributed by atoms with Gasteiger partial charge in [-0.25, -0.2) is 4.79 Å². The van der Waals surface area contributed by atoms with Crippen LogP contribution in [0.25, 0.3) is 0 Å². The number of hydrogen-bond donors (Lipinski definition) is 1. The smallest absolute Gasteiger partial charge is 0.335 e. The summed E-state index contributed by atoms with van der Waals surface area (Å²) in [5.74, 6) is -3.11. The first-order valence-corrected chi connectivity index (χ1v) is 8.33. The fraction of sp³-hybridized carbons (Fsp3) is 0.500. The van der Waals surface area contributed by atoms with E-state index in [0.29, 0.717) is 5.06 Å². The Morgan fingerprint density at radius 2 is 1.59 bits per heavy atom. The third kappa shape index (κ3) is 5.99. The van der Waals surface area contributed by atoms with Gasteiger partial charge in [0.25, 0.3) is 23.6 Å². The van der Waals surface area contributed by atoms with Crippen LogP contribution in [0.5, 0.6) is 0 Å². The maximum Gasteiger partial charge on any atom is 0.335 e. The maximum absolute atomic E-state index is 11.6. The van der Waals surface area contributed by atoms with Crippen molar-refractivity contribution < 1.29 is 38.3 Å². The van der Waals surface area contributed by atoms with Gasteiger partial charge in [-0.3, -0.25) is 28.9 Å². The van der Waals surface area contributed by atoms with Gasteiger partial charge >= 0.3 is 5.97 Å². The van der Waals surface area contributed by atoms with E-state index in [4.69, 9.17) is 4.74 Å². The molecule has 2 rings (SSSR count). The number of carbonyl (C=O) groups is 6. The number of ether oxygens (including phenoxy) is 1. The van der Waals surface area contributed by atoms with Gasteiger partial charge in [-0.1, -0.05) is 0 Å². The summed E-state index contributed by atoms with van der Waals surface area (Å²) in [5.41, 5.74) is 0. The molecular formula is C16H19N3O8. The molecule has 11 heteroatoms. The Morgan fingerprint density at radius 1 is 0.963 bits per heavy atom. The SMILES string of the molecule is O=C(CCN1C(=O)C=CC1=O)NCCOCCC(=O)ON1C(=O)CCC1=O. The van der Waals surface area contributed by atoms with E-state index in [1.165, 1.54) is 0 Å². The van der Waals surface area contributed by atoms with Crippen molar-refractivity contribution in [2.75, 3.05) is 26.3 Å². The number of imide groups is 2. The van der Waals surface area contributed by atoms with E-state index in [9.17, 15) is 28.8 Å². The lowest BCUT2D eigenvalue weighted by atomic mass is 10.3. The minimum atomic E-state index is -0.767. The Bertz CT molecular complexity index is 653. The van der Waals surface area contributed by atoms with Crippen LogP contribution in [0.15, 0.2) is 12.2 Å². The summed E-state index contributed by atoms with van der Waals surface area (Å²) in [6, 6.07) is 0. The monoisotopic (exact) mass is 381 g/mol. The fourth-order valence-corrected chi connectivity index (χ4v) is 2.28. The Labute approximate surface area is 154 Å². The fourth-order valence-electron chi connectivity index (χ4n) is 2.28. The van der Waals surface area contributed by atoms with Crippen molar-refractivity contribution in [2.24, 2.45) is 0 Å². The van der Waals surface area contributed by atoms with Crippen molar-refractivity contribution in [1.82, 2.24) is 15.3 Å². The Hall–Kier alpha value is -3.08. The van der Waals surface area contributed by atoms with Crippen LogP contribution in [0, 0.1) is 0 Å². The van der Waals surface area contributed by atoms with E-state index < -0.39 is 29.6 Å². The molecule has 0 radical (unpaired) electrons. The van der Waals surface area contributed by atoms with Crippen LogP contribution in [-0.2, 0) is 38.3 Å². The largest absolute Gasteiger partial charge is 0.379 e. The predicted molar refractivity (Wildman–Crippen MR) is 86.1 cm³/mol. The lowest BCUT2D eigenvalue weighted by Gasteiger charge is -2.13. The van der Waals surface area contributed by atoms with E-state index in [-0.39, 0.29) is 57.9 Å². The second kappa shape index (κ2) is 9.57. The molecular weight excluding hydrogens is 362 g/mol. The summed E-state index contributed by atoms with van der Waals surface area (Å²) >= 11 is 0. The van der Waals surface area contributed by atoms with E-state index in [2.05, 4.69) is 10.2 Å². The van der Waals surface area contributed by atoms with Crippen LogP contribution >= 0.6 is 0 Å². The van der Waals surface area contributed by atoms with E-state index in [0.717, 1.165) is 17.1 Å². The minimum Gasteiger partial charge on any atom is -0.379 e. The number of amides is 5. The Balaban J connectivity index is 1.49. The number of hydroxylamine groups is 2. The van der Waals surface area contributed by atoms with Crippen LogP contribution in [0.1, 0.15) is 25.7 Å². The van der Waals surface area contributed by atoms with Gasteiger partial charge in [0.2, 0.25) is 5.91 Å². The van der Waals surface area contributed by atoms with Gasteiger partial charge in [0.05, 0.1) is 19.6 Å². The molecule has 27 heavy (non-hydrogen) atoms. The van der Waals surface area contributed by atoms with Gasteiger partial charge in [0.1, 0.15) is 0 Å². The number of rotatable bonds is 10. The first-order chi connectivity index (χ1) is 12.9. The van der Waals surface area contributed by atoms with Gasteiger partial charge in [0, 0.05) is 44.5 Å². The van der Waals surface area contributed by atoms with Gasteiger partial charge in [-0.05, 0) is 0 Å². The van der Waals surface area contributed by atoms with Gasteiger partial charge < -0.3 is 14.9 Å². The quantitative estimate of drug-likeness (QED) is 0.354. The normalized spacial score (nSPS) is 16.4. The summed E-state index contributed by atoms with van der Waals surface area (Å²) in [5, 5.41) is 3.01. The zero-order chi connectivity index (χ0) is 19.8. The standard InChI is InChI=1S/C16H19N3O8/c20-11(5-8-18-12(21)1-2-13(18)22)17-7-10-26-9-6-16(25)27-19-14(23)3-4-15(19)24/h1-2H,3-10H2,(H,17,20). The molecule has 0 saturated carbocycles. The summed E-state index contributed by atoms with van der Waals surface area (Å²) in [4.78, 5) is 74.0. The van der Waals surface area contributed by atoms with Crippen molar-refractivity contribution in [3.63, 3.8) is 0 Å².